The van der Waals surface area contributed by atoms with Crippen LogP contribution in [0.1, 0.15) is 14.9 Å². The number of nitrogens with zero attached hydrogens (tertiary/aromatic N) is 7. The first-order valence-corrected chi connectivity index (χ1v) is 14.9. The van der Waals surface area contributed by atoms with Crippen molar-refractivity contribution >= 4 is 34.1 Å². The average Bonchev–Trinajstić information content (AvgIpc) is 3.95. The van der Waals surface area contributed by atoms with E-state index in [0.717, 1.165) is 66.7 Å². The molecule has 15 nitrogen and oxygen atoms in total. The Bertz CT molecular complexity index is 2340. The van der Waals surface area contributed by atoms with E-state index in [9.17, 15) is 0 Å². The Morgan fingerprint density at radius 2 is 1.33 bits per heavy atom. The van der Waals surface area contributed by atoms with Crippen LogP contribution in [0.3, 0.4) is 0 Å². The Labute approximate surface area is 317 Å². The molecule has 0 aliphatic carbocycles. The van der Waals surface area contributed by atoms with Crippen LogP contribution in [0.4, 0.5) is 0 Å². The van der Waals surface area contributed by atoms with Crippen LogP contribution in [0.5, 0.6) is 0 Å². The first-order chi connectivity index (χ1) is 23.3. The summed E-state index contributed by atoms with van der Waals surface area (Å²) in [5.41, 5.74) is 7.01. The quantitative estimate of drug-likeness (QED) is 0.0836. The molecule has 0 radical (unpaired) electrons. The van der Waals surface area contributed by atoms with Gasteiger partial charge in [0.2, 0.25) is 0 Å². The number of pyridine rings is 2. The number of rotatable bonds is 8. The number of aromatic nitrogens is 10. The largest absolute Gasteiger partial charge is 1.00 e. The minimum absolute atomic E-state index is 0. The van der Waals surface area contributed by atoms with Crippen molar-refractivity contribution in [3.8, 4) is 45.0 Å². The van der Waals surface area contributed by atoms with E-state index in [0.29, 0.717) is 17.3 Å². The molecule has 0 unspecified atom stereocenters. The van der Waals surface area contributed by atoms with Crippen LogP contribution < -0.4 is 34.5 Å². The van der Waals surface area contributed by atoms with Gasteiger partial charge in [0.05, 0.1) is 43.3 Å². The van der Waals surface area contributed by atoms with Gasteiger partial charge >= 0.3 is 29.6 Å². The van der Waals surface area contributed by atoms with Crippen LogP contribution in [0.25, 0.3) is 67.1 Å². The van der Waals surface area contributed by atoms with E-state index < -0.39 is 0 Å². The number of nitrogens with one attached hydrogen (secondary N) is 3. The normalized spacial score (nSPS) is 10.3. The van der Waals surface area contributed by atoms with E-state index in [1.54, 1.807) is 43.6 Å². The molecule has 9 rings (SSSR count). The summed E-state index contributed by atoms with van der Waals surface area (Å²) in [5, 5.41) is 15.3. The van der Waals surface area contributed by atoms with Crippen LogP contribution in [-0.2, 0) is 4.33 Å². The number of hydrogen-bond donors (Lipinski definition) is 3. The maximum atomic E-state index is 5.48. The monoisotopic (exact) mass is 714 g/mol. The van der Waals surface area contributed by atoms with E-state index in [1.165, 1.54) is 17.4 Å². The van der Waals surface area contributed by atoms with Gasteiger partial charge in [0.25, 0.3) is 0 Å². The van der Waals surface area contributed by atoms with Gasteiger partial charge in [-0.2, -0.15) is 10.2 Å². The van der Waals surface area contributed by atoms with Crippen molar-refractivity contribution in [3.05, 3.63) is 117 Å². The molecule has 17 heteroatoms. The summed E-state index contributed by atoms with van der Waals surface area (Å²) in [6, 6.07) is 17.5. The molecular weight excluding hydrogens is 683 g/mol. The van der Waals surface area contributed by atoms with E-state index in [2.05, 4.69) is 45.3 Å². The van der Waals surface area contributed by atoms with Gasteiger partial charge in [0.15, 0.2) is 17.3 Å². The third-order valence-electron chi connectivity index (χ3n) is 7.17. The summed E-state index contributed by atoms with van der Waals surface area (Å²) in [6.45, 7) is 0. The first-order valence-electron chi connectivity index (χ1n) is 14.1. The average molecular weight is 715 g/mol. The zero-order chi connectivity index (χ0) is 31.4. The van der Waals surface area contributed by atoms with Crippen molar-refractivity contribution in [2.75, 3.05) is 0 Å². The van der Waals surface area contributed by atoms with Crippen LogP contribution in [0, 0.1) is 0 Å². The second kappa shape index (κ2) is 17.4. The maximum absolute atomic E-state index is 5.48. The molecule has 0 saturated carbocycles. The molecule has 8 aromatic heterocycles. The number of benzene rings is 1. The van der Waals surface area contributed by atoms with Crippen molar-refractivity contribution in [2.24, 2.45) is 0 Å². The fourth-order valence-corrected chi connectivity index (χ4v) is 5.40. The van der Waals surface area contributed by atoms with E-state index in [1.807, 2.05) is 60.8 Å². The van der Waals surface area contributed by atoms with Gasteiger partial charge in [-0.05, 0) is 36.4 Å². The third-order valence-corrected chi connectivity index (χ3v) is 7.76. The molecule has 0 atom stereocenters. The molecule has 0 amide bonds. The van der Waals surface area contributed by atoms with Gasteiger partial charge in [-0.3, -0.25) is 10.2 Å². The van der Waals surface area contributed by atoms with E-state index in [-0.39, 0.29) is 49.9 Å². The van der Waals surface area contributed by atoms with Gasteiger partial charge in [-0.1, -0.05) is 37.4 Å². The van der Waals surface area contributed by atoms with Gasteiger partial charge in [0, 0.05) is 67.6 Å². The van der Waals surface area contributed by atoms with Crippen molar-refractivity contribution in [1.29, 1.82) is 0 Å². The van der Waals surface area contributed by atoms with Crippen molar-refractivity contribution in [2.45, 2.75) is 19.7 Å². The van der Waals surface area contributed by atoms with E-state index >= 15 is 0 Å². The van der Waals surface area contributed by atoms with Crippen LogP contribution >= 0.6 is 12.0 Å². The summed E-state index contributed by atoms with van der Waals surface area (Å²) in [4.78, 5) is 26.8. The second-order valence-corrected chi connectivity index (χ2v) is 10.8. The number of aromatic amines is 3. The zero-order valence-corrected chi connectivity index (χ0v) is 28.4. The minimum Gasteiger partial charge on any atom is -0.870 e. The number of fused-ring (bicyclic) bond motifs is 2. The molecule has 51 heavy (non-hydrogen) atoms. The molecule has 9 aromatic rings. The molecule has 4 N–H and O–H groups in total. The second-order valence-electron chi connectivity index (χ2n) is 10.0. The summed E-state index contributed by atoms with van der Waals surface area (Å²) in [7, 11) is 0. The molecule has 0 bridgehead atoms. The number of hydrogen-bond acceptors (Lipinski definition) is 12. The summed E-state index contributed by atoms with van der Waals surface area (Å²) in [6.07, 6.45) is 16.8. The van der Waals surface area contributed by atoms with Crippen molar-refractivity contribution in [1.82, 2.24) is 50.0 Å². The first kappa shape index (κ1) is 38.3. The Morgan fingerprint density at radius 1 is 0.706 bits per heavy atom. The molecule has 0 spiro atoms. The molecule has 0 aliphatic heterocycles. The smallest absolute Gasteiger partial charge is 0.870 e. The summed E-state index contributed by atoms with van der Waals surface area (Å²) >= 11 is 1.12. The molecule has 0 aliphatic rings. The fraction of sp³-hybridized carbons (Fsp3) is 0.0588. The Kier molecular flexibility index (Phi) is 13.1. The van der Waals surface area contributed by atoms with Crippen LogP contribution in [0.2, 0.25) is 0 Å². The molecule has 0 saturated heterocycles. The van der Waals surface area contributed by atoms with E-state index in [4.69, 9.17) is 18.2 Å². The van der Waals surface area contributed by atoms with Gasteiger partial charge in [-0.15, -0.1) is 4.73 Å². The summed E-state index contributed by atoms with van der Waals surface area (Å²) in [5.74, 6) is 1.34. The zero-order valence-electron chi connectivity index (χ0n) is 25.6. The molecular formula is C34H31N10NaO5S. The predicted molar refractivity (Wildman–Crippen MR) is 187 cm³/mol. The standard InChI is InChI=1S/C19H13N5O3S.C13H9N5O.2CH4.Na.H2O/c1-2-4-15(5-3-1)28-27-26-24-10-17(13-6-7-25-11-13)16-8-14(9-20-19(16)24)18-21-12-22-23-18;1-2-19-6-8(1)11-5-15-13-10(11)3-9(4-14-13)12-16-7-17-18-12;;;;/h1-12H,(H,21,22,23);1-7H,(H,14,15)(H,16,17,18);2*1H4;;1H2/q;;;;+1;/p-1. The van der Waals surface area contributed by atoms with Crippen LogP contribution in [0.15, 0.2) is 131 Å². The van der Waals surface area contributed by atoms with Gasteiger partial charge in [-0.25, -0.2) is 24.9 Å². The summed E-state index contributed by atoms with van der Waals surface area (Å²) < 4.78 is 17.2. The maximum Gasteiger partial charge on any atom is 1.00 e. The topological polar surface area (TPSA) is 204 Å². The Balaban J connectivity index is 0.000000225. The van der Waals surface area contributed by atoms with Gasteiger partial charge < -0.3 is 19.3 Å². The molecule has 1 aromatic carbocycles. The number of H-pyrrole nitrogens is 3. The molecule has 0 fully saturated rings. The molecule has 254 valence electrons. The Morgan fingerprint density at radius 3 is 1.94 bits per heavy atom. The van der Waals surface area contributed by atoms with Crippen LogP contribution in [-0.4, -0.2) is 55.5 Å². The predicted octanol–water partition coefficient (Wildman–Crippen LogP) is 4.86. The van der Waals surface area contributed by atoms with Gasteiger partial charge in [0.1, 0.15) is 18.3 Å². The van der Waals surface area contributed by atoms with Crippen molar-refractivity contribution in [3.63, 3.8) is 0 Å². The van der Waals surface area contributed by atoms with Crippen molar-refractivity contribution < 1.29 is 53.2 Å². The SMILES string of the molecule is C.C.[Na+].[OH-].c1ccc(SOOn2cc(-c3ccoc3)c3cc(-c4ncn[nH]4)cnc32)cc1.c1n[nH]c(-c2cnc3[nH]cc(-c4ccoc4)c3c2)n1. The minimum atomic E-state index is 0. The Hall–Kier alpha value is -5.49. The third kappa shape index (κ3) is 8.12. The molecule has 8 heterocycles. The fourth-order valence-electron chi connectivity index (χ4n) is 4.96. The number of furan rings is 2.